The Bertz CT molecular complexity index is 411. The first-order valence-electron chi connectivity index (χ1n) is 6.11. The van der Waals surface area contributed by atoms with Gasteiger partial charge in [0, 0.05) is 12.6 Å². The number of carbonyl (C=O) groups excluding carboxylic acids is 1. The minimum Gasteiger partial charge on any atom is -0.354 e. The molecule has 18 heavy (non-hydrogen) atoms. The smallest absolute Gasteiger partial charge is 0.237 e. The van der Waals surface area contributed by atoms with Crippen LogP contribution in [0.3, 0.4) is 0 Å². The van der Waals surface area contributed by atoms with E-state index in [9.17, 15) is 13.6 Å². The molecule has 0 saturated carbocycles. The topological polar surface area (TPSA) is 41.1 Å². The molecule has 1 aromatic carbocycles. The molecular formula is C13H16F2N2O. The number of rotatable bonds is 4. The molecule has 5 heteroatoms. The standard InChI is InChI=1S/C13H16F2N2O/c14-10-6-9(7-11(15)8-10)3-5-17-13(18)12-2-1-4-16-12/h6-8,12,16H,1-5H2,(H,17,18)/t12-/m1/s1. The van der Waals surface area contributed by atoms with E-state index in [1.54, 1.807) is 0 Å². The molecule has 98 valence electrons. The third kappa shape index (κ3) is 3.50. The first kappa shape index (κ1) is 13.0. The second-order valence-electron chi connectivity index (χ2n) is 4.47. The van der Waals surface area contributed by atoms with Gasteiger partial charge in [-0.25, -0.2) is 8.78 Å². The van der Waals surface area contributed by atoms with Gasteiger partial charge in [0.1, 0.15) is 11.6 Å². The van der Waals surface area contributed by atoms with E-state index in [-0.39, 0.29) is 11.9 Å². The summed E-state index contributed by atoms with van der Waals surface area (Å²) in [6, 6.07) is 3.28. The molecule has 1 atom stereocenters. The molecule has 2 N–H and O–H groups in total. The molecule has 1 aliphatic heterocycles. The normalized spacial score (nSPS) is 18.9. The minimum atomic E-state index is -0.589. The highest BCUT2D eigenvalue weighted by molar-refractivity contribution is 5.81. The van der Waals surface area contributed by atoms with Gasteiger partial charge in [0.15, 0.2) is 0 Å². The van der Waals surface area contributed by atoms with E-state index < -0.39 is 11.6 Å². The Morgan fingerprint density at radius 1 is 1.33 bits per heavy atom. The van der Waals surface area contributed by atoms with E-state index in [2.05, 4.69) is 10.6 Å². The molecule has 0 unspecified atom stereocenters. The highest BCUT2D eigenvalue weighted by Gasteiger charge is 2.21. The lowest BCUT2D eigenvalue weighted by Gasteiger charge is -2.11. The van der Waals surface area contributed by atoms with Crippen molar-refractivity contribution in [2.45, 2.75) is 25.3 Å². The van der Waals surface area contributed by atoms with Gasteiger partial charge in [-0.3, -0.25) is 4.79 Å². The summed E-state index contributed by atoms with van der Waals surface area (Å²) in [6.45, 7) is 1.26. The Labute approximate surface area is 105 Å². The number of hydrogen-bond donors (Lipinski definition) is 2. The zero-order chi connectivity index (χ0) is 13.0. The summed E-state index contributed by atoms with van der Waals surface area (Å²) in [5.41, 5.74) is 0.548. The molecule has 0 aromatic heterocycles. The first-order chi connectivity index (χ1) is 8.65. The monoisotopic (exact) mass is 254 g/mol. The molecule has 3 nitrogen and oxygen atoms in total. The molecule has 1 aromatic rings. The lowest BCUT2D eigenvalue weighted by atomic mass is 10.1. The highest BCUT2D eigenvalue weighted by Crippen LogP contribution is 2.08. The maximum atomic E-state index is 12.9. The summed E-state index contributed by atoms with van der Waals surface area (Å²) in [6.07, 6.45) is 2.28. The lowest BCUT2D eigenvalue weighted by molar-refractivity contribution is -0.122. The van der Waals surface area contributed by atoms with Crippen LogP contribution < -0.4 is 10.6 Å². The van der Waals surface area contributed by atoms with Crippen molar-refractivity contribution in [2.75, 3.05) is 13.1 Å². The van der Waals surface area contributed by atoms with Crippen molar-refractivity contribution in [1.29, 1.82) is 0 Å². The SMILES string of the molecule is O=C(NCCc1cc(F)cc(F)c1)[C@H]1CCCN1. The zero-order valence-electron chi connectivity index (χ0n) is 10.0. The van der Waals surface area contributed by atoms with Crippen molar-refractivity contribution < 1.29 is 13.6 Å². The molecule has 1 heterocycles. The van der Waals surface area contributed by atoms with E-state index in [0.717, 1.165) is 25.5 Å². The quantitative estimate of drug-likeness (QED) is 0.852. The molecule has 0 radical (unpaired) electrons. The van der Waals surface area contributed by atoms with Gasteiger partial charge in [-0.1, -0.05) is 0 Å². The number of nitrogens with one attached hydrogen (secondary N) is 2. The maximum Gasteiger partial charge on any atom is 0.237 e. The number of carbonyl (C=O) groups is 1. The highest BCUT2D eigenvalue weighted by atomic mass is 19.1. The lowest BCUT2D eigenvalue weighted by Crippen LogP contribution is -2.41. The van der Waals surface area contributed by atoms with E-state index in [1.807, 2.05) is 0 Å². The number of halogens is 2. The average Bonchev–Trinajstić information content (AvgIpc) is 2.80. The summed E-state index contributed by atoms with van der Waals surface area (Å²) in [4.78, 5) is 11.6. The van der Waals surface area contributed by atoms with Gasteiger partial charge < -0.3 is 10.6 Å². The van der Waals surface area contributed by atoms with Gasteiger partial charge in [-0.05, 0) is 43.5 Å². The molecule has 1 amide bonds. The fourth-order valence-electron chi connectivity index (χ4n) is 2.12. The molecule has 1 saturated heterocycles. The van der Waals surface area contributed by atoms with Gasteiger partial charge in [-0.15, -0.1) is 0 Å². The van der Waals surface area contributed by atoms with Gasteiger partial charge in [-0.2, -0.15) is 0 Å². The predicted molar refractivity (Wildman–Crippen MR) is 64.1 cm³/mol. The van der Waals surface area contributed by atoms with Crippen molar-refractivity contribution in [1.82, 2.24) is 10.6 Å². The van der Waals surface area contributed by atoms with Gasteiger partial charge in [0.25, 0.3) is 0 Å². The summed E-state index contributed by atoms with van der Waals surface area (Å²) >= 11 is 0. The Morgan fingerprint density at radius 3 is 2.67 bits per heavy atom. The van der Waals surface area contributed by atoms with E-state index >= 15 is 0 Å². The molecule has 2 rings (SSSR count). The van der Waals surface area contributed by atoms with Crippen LogP contribution >= 0.6 is 0 Å². The van der Waals surface area contributed by atoms with E-state index in [1.165, 1.54) is 12.1 Å². The van der Waals surface area contributed by atoms with Crippen molar-refractivity contribution in [3.63, 3.8) is 0 Å². The summed E-state index contributed by atoms with van der Waals surface area (Å²) in [5.74, 6) is -1.22. The summed E-state index contributed by atoms with van der Waals surface area (Å²) in [5, 5.41) is 5.86. The van der Waals surface area contributed by atoms with Crippen LogP contribution in [0.1, 0.15) is 18.4 Å². The van der Waals surface area contributed by atoms with Crippen LogP contribution in [-0.4, -0.2) is 25.0 Å². The van der Waals surface area contributed by atoms with Crippen LogP contribution in [0.4, 0.5) is 8.78 Å². The van der Waals surface area contributed by atoms with Crippen LogP contribution in [0, 0.1) is 11.6 Å². The van der Waals surface area contributed by atoms with E-state index in [0.29, 0.717) is 18.5 Å². The van der Waals surface area contributed by atoms with Crippen LogP contribution in [-0.2, 0) is 11.2 Å². The predicted octanol–water partition coefficient (Wildman–Crippen LogP) is 1.38. The molecular weight excluding hydrogens is 238 g/mol. The number of amides is 1. The Balaban J connectivity index is 1.79. The van der Waals surface area contributed by atoms with E-state index in [4.69, 9.17) is 0 Å². The van der Waals surface area contributed by atoms with Gasteiger partial charge in [0.05, 0.1) is 6.04 Å². The van der Waals surface area contributed by atoms with Crippen LogP contribution in [0.5, 0.6) is 0 Å². The maximum absolute atomic E-state index is 12.9. The first-order valence-corrected chi connectivity index (χ1v) is 6.11. The molecule has 0 bridgehead atoms. The van der Waals surface area contributed by atoms with Crippen molar-refractivity contribution in [2.24, 2.45) is 0 Å². The Kier molecular flexibility index (Phi) is 4.25. The molecule has 0 spiro atoms. The summed E-state index contributed by atoms with van der Waals surface area (Å²) in [7, 11) is 0. The van der Waals surface area contributed by atoms with Crippen molar-refractivity contribution >= 4 is 5.91 Å². The number of hydrogen-bond acceptors (Lipinski definition) is 2. The fourth-order valence-corrected chi connectivity index (χ4v) is 2.12. The second kappa shape index (κ2) is 5.91. The van der Waals surface area contributed by atoms with Crippen LogP contribution in [0.15, 0.2) is 18.2 Å². The van der Waals surface area contributed by atoms with Gasteiger partial charge >= 0.3 is 0 Å². The Hall–Kier alpha value is -1.49. The van der Waals surface area contributed by atoms with Crippen LogP contribution in [0.2, 0.25) is 0 Å². The molecule has 1 fully saturated rings. The third-order valence-corrected chi connectivity index (χ3v) is 3.01. The number of benzene rings is 1. The largest absolute Gasteiger partial charge is 0.354 e. The van der Waals surface area contributed by atoms with Crippen LogP contribution in [0.25, 0.3) is 0 Å². The fraction of sp³-hybridized carbons (Fsp3) is 0.462. The van der Waals surface area contributed by atoms with Crippen molar-refractivity contribution in [3.05, 3.63) is 35.4 Å². The van der Waals surface area contributed by atoms with Gasteiger partial charge in [0.2, 0.25) is 5.91 Å². The summed E-state index contributed by atoms with van der Waals surface area (Å²) < 4.78 is 25.8. The zero-order valence-corrected chi connectivity index (χ0v) is 10.0. The second-order valence-corrected chi connectivity index (χ2v) is 4.47. The molecule has 0 aliphatic carbocycles. The Morgan fingerprint density at radius 2 is 2.06 bits per heavy atom. The molecule has 1 aliphatic rings. The minimum absolute atomic E-state index is 0.0376. The van der Waals surface area contributed by atoms with Crippen molar-refractivity contribution in [3.8, 4) is 0 Å². The average molecular weight is 254 g/mol. The third-order valence-electron chi connectivity index (χ3n) is 3.01.